The lowest BCUT2D eigenvalue weighted by Gasteiger charge is -2.38. The second kappa shape index (κ2) is 12.0. The molecule has 1 nitrogen and oxygen atoms in total. The predicted molar refractivity (Wildman–Crippen MR) is 131 cm³/mol. The molecule has 0 atom stereocenters. The molecular weight excluding hydrogens is 471 g/mol. The minimum absolute atomic E-state index is 0.122. The fraction of sp³-hybridized carbons (Fsp3) is 0.600. The Balaban J connectivity index is 1.22. The highest BCUT2D eigenvalue weighted by molar-refractivity contribution is 5.29. The van der Waals surface area contributed by atoms with Crippen LogP contribution in [0.5, 0.6) is 5.75 Å². The fourth-order valence-electron chi connectivity index (χ4n) is 6.33. The standard InChI is InChI=1S/C30H37F5O/c1-2-3-20-6-12-23(13-7-20)24-14-8-21(9-15-24)4-5-22-10-16-26(17-11-22)36-30(34,35)25-18-27(31)29(33)28(32)19-25/h10-11,16-21,23-24H,2-9,12-15H2,1H3. The average Bonchev–Trinajstić information content (AvgIpc) is 2.87. The Hall–Kier alpha value is -2.11. The summed E-state index contributed by atoms with van der Waals surface area (Å²) < 4.78 is 73.2. The van der Waals surface area contributed by atoms with Crippen molar-refractivity contribution in [3.63, 3.8) is 0 Å². The van der Waals surface area contributed by atoms with E-state index in [9.17, 15) is 22.0 Å². The zero-order chi connectivity index (χ0) is 25.7. The second-order valence-electron chi connectivity index (χ2n) is 10.9. The maximum Gasteiger partial charge on any atom is 0.426 e. The van der Waals surface area contributed by atoms with Crippen molar-refractivity contribution in [3.05, 3.63) is 65.0 Å². The van der Waals surface area contributed by atoms with Gasteiger partial charge in [-0.3, -0.25) is 0 Å². The van der Waals surface area contributed by atoms with Crippen molar-refractivity contribution in [2.75, 3.05) is 0 Å². The monoisotopic (exact) mass is 508 g/mol. The van der Waals surface area contributed by atoms with Gasteiger partial charge in [0.1, 0.15) is 5.75 Å². The van der Waals surface area contributed by atoms with Gasteiger partial charge < -0.3 is 4.74 Å². The topological polar surface area (TPSA) is 9.23 Å². The number of halogens is 5. The lowest BCUT2D eigenvalue weighted by Crippen LogP contribution is -2.26. The van der Waals surface area contributed by atoms with Crippen LogP contribution in [0, 0.1) is 41.1 Å². The molecule has 36 heavy (non-hydrogen) atoms. The van der Waals surface area contributed by atoms with E-state index in [1.54, 1.807) is 12.1 Å². The summed E-state index contributed by atoms with van der Waals surface area (Å²) in [5.74, 6) is -1.79. The first-order valence-electron chi connectivity index (χ1n) is 13.6. The zero-order valence-electron chi connectivity index (χ0n) is 21.1. The molecule has 2 fully saturated rings. The minimum atomic E-state index is -4.00. The summed E-state index contributed by atoms with van der Waals surface area (Å²) in [7, 11) is 0. The van der Waals surface area contributed by atoms with Gasteiger partial charge in [-0.2, -0.15) is 8.78 Å². The third kappa shape index (κ3) is 6.80. The first kappa shape index (κ1) is 26.9. The molecule has 2 aromatic rings. The molecule has 0 aliphatic heterocycles. The Kier molecular flexibility index (Phi) is 8.95. The Labute approximate surface area is 211 Å². The third-order valence-electron chi connectivity index (χ3n) is 8.48. The smallest absolute Gasteiger partial charge is 0.426 e. The molecule has 0 aromatic heterocycles. The van der Waals surface area contributed by atoms with E-state index in [1.165, 1.54) is 76.3 Å². The highest BCUT2D eigenvalue weighted by Gasteiger charge is 2.36. The van der Waals surface area contributed by atoms with E-state index in [0.717, 1.165) is 36.2 Å². The number of hydrogen-bond donors (Lipinski definition) is 0. The summed E-state index contributed by atoms with van der Waals surface area (Å²) in [4.78, 5) is 0. The van der Waals surface area contributed by atoms with Crippen LogP contribution < -0.4 is 4.74 Å². The molecule has 0 spiro atoms. The second-order valence-corrected chi connectivity index (χ2v) is 10.9. The Bertz CT molecular complexity index is 950. The van der Waals surface area contributed by atoms with Crippen molar-refractivity contribution in [2.24, 2.45) is 23.7 Å². The van der Waals surface area contributed by atoms with E-state index < -0.39 is 29.1 Å². The SMILES string of the molecule is CCCC1CCC(C2CCC(CCc3ccc(OC(F)(F)c4cc(F)c(F)c(F)c4)cc3)CC2)CC1. The molecule has 0 amide bonds. The summed E-state index contributed by atoms with van der Waals surface area (Å²) in [6.45, 7) is 2.29. The Morgan fingerprint density at radius 1 is 0.750 bits per heavy atom. The van der Waals surface area contributed by atoms with Gasteiger partial charge in [0, 0.05) is 0 Å². The van der Waals surface area contributed by atoms with Gasteiger partial charge >= 0.3 is 6.11 Å². The van der Waals surface area contributed by atoms with Gasteiger partial charge in [-0.25, -0.2) is 13.2 Å². The van der Waals surface area contributed by atoms with Crippen LogP contribution in [0.3, 0.4) is 0 Å². The van der Waals surface area contributed by atoms with Crippen molar-refractivity contribution in [2.45, 2.75) is 90.1 Å². The maximum atomic E-state index is 14.4. The van der Waals surface area contributed by atoms with Gasteiger partial charge in [-0.05, 0) is 92.0 Å². The molecule has 4 rings (SSSR count). The van der Waals surface area contributed by atoms with Crippen LogP contribution >= 0.6 is 0 Å². The number of hydrogen-bond acceptors (Lipinski definition) is 1. The summed E-state index contributed by atoms with van der Waals surface area (Å²) in [5, 5.41) is 0. The molecule has 0 heterocycles. The number of ether oxygens (including phenoxy) is 1. The molecule has 198 valence electrons. The molecule has 2 aliphatic carbocycles. The zero-order valence-corrected chi connectivity index (χ0v) is 21.1. The molecule has 2 aromatic carbocycles. The van der Waals surface area contributed by atoms with Gasteiger partial charge in [0.05, 0.1) is 5.56 Å². The van der Waals surface area contributed by atoms with Crippen LogP contribution in [0.25, 0.3) is 0 Å². The van der Waals surface area contributed by atoms with Gasteiger partial charge in [0.15, 0.2) is 17.5 Å². The number of alkyl halides is 2. The summed E-state index contributed by atoms with van der Waals surface area (Å²) in [6.07, 6.45) is 11.6. The molecule has 6 heteroatoms. The fourth-order valence-corrected chi connectivity index (χ4v) is 6.33. The van der Waals surface area contributed by atoms with E-state index in [0.29, 0.717) is 5.92 Å². The lowest BCUT2D eigenvalue weighted by molar-refractivity contribution is -0.185. The van der Waals surface area contributed by atoms with E-state index in [2.05, 4.69) is 11.7 Å². The Morgan fingerprint density at radius 3 is 1.75 bits per heavy atom. The lowest BCUT2D eigenvalue weighted by atomic mass is 9.68. The summed E-state index contributed by atoms with van der Waals surface area (Å²) in [6, 6.07) is 6.86. The average molecular weight is 509 g/mol. The van der Waals surface area contributed by atoms with Crippen LogP contribution in [0.2, 0.25) is 0 Å². The number of rotatable bonds is 9. The first-order chi connectivity index (χ1) is 17.2. The van der Waals surface area contributed by atoms with Crippen LogP contribution in [0.1, 0.15) is 88.7 Å². The molecule has 0 bridgehead atoms. The largest absolute Gasteiger partial charge is 0.429 e. The van der Waals surface area contributed by atoms with Crippen molar-refractivity contribution >= 4 is 0 Å². The first-order valence-corrected chi connectivity index (χ1v) is 13.6. The van der Waals surface area contributed by atoms with Gasteiger partial charge in [-0.1, -0.05) is 57.6 Å². The van der Waals surface area contributed by atoms with E-state index in [4.69, 9.17) is 0 Å². The molecule has 0 unspecified atom stereocenters. The van der Waals surface area contributed by atoms with Crippen molar-refractivity contribution < 1.29 is 26.7 Å². The van der Waals surface area contributed by atoms with Gasteiger partial charge in [-0.15, -0.1) is 0 Å². The molecule has 0 saturated heterocycles. The van der Waals surface area contributed by atoms with Gasteiger partial charge in [0.25, 0.3) is 0 Å². The highest BCUT2D eigenvalue weighted by atomic mass is 19.3. The van der Waals surface area contributed by atoms with Crippen molar-refractivity contribution in [1.82, 2.24) is 0 Å². The maximum absolute atomic E-state index is 14.4. The van der Waals surface area contributed by atoms with E-state index >= 15 is 0 Å². The van der Waals surface area contributed by atoms with Crippen molar-refractivity contribution in [1.29, 1.82) is 0 Å². The Morgan fingerprint density at radius 2 is 1.25 bits per heavy atom. The quantitative estimate of drug-likeness (QED) is 0.242. The van der Waals surface area contributed by atoms with Crippen LogP contribution in [0.15, 0.2) is 36.4 Å². The third-order valence-corrected chi connectivity index (χ3v) is 8.48. The molecular formula is C30H37F5O. The number of aryl methyl sites for hydroxylation is 1. The van der Waals surface area contributed by atoms with Gasteiger partial charge in [0.2, 0.25) is 0 Å². The summed E-state index contributed by atoms with van der Waals surface area (Å²) in [5.41, 5.74) is -0.0338. The van der Waals surface area contributed by atoms with Crippen LogP contribution in [0.4, 0.5) is 22.0 Å². The molecule has 2 aliphatic rings. The summed E-state index contributed by atoms with van der Waals surface area (Å²) >= 11 is 0. The highest BCUT2D eigenvalue weighted by Crippen LogP contribution is 2.43. The van der Waals surface area contributed by atoms with Crippen LogP contribution in [-0.2, 0) is 12.5 Å². The van der Waals surface area contributed by atoms with Crippen molar-refractivity contribution in [3.8, 4) is 5.75 Å². The van der Waals surface area contributed by atoms with E-state index in [-0.39, 0.29) is 17.9 Å². The molecule has 2 saturated carbocycles. The number of benzene rings is 2. The van der Waals surface area contributed by atoms with Crippen LogP contribution in [-0.4, -0.2) is 0 Å². The van der Waals surface area contributed by atoms with E-state index in [1.807, 2.05) is 0 Å². The molecule has 0 radical (unpaired) electrons. The minimum Gasteiger partial charge on any atom is -0.429 e. The molecule has 0 N–H and O–H groups in total. The normalized spacial score (nSPS) is 25.1. The predicted octanol–water partition coefficient (Wildman–Crippen LogP) is 9.58.